The van der Waals surface area contributed by atoms with E-state index in [4.69, 9.17) is 0 Å². The lowest BCUT2D eigenvalue weighted by molar-refractivity contribution is 0.0748. The van der Waals surface area contributed by atoms with E-state index in [1.807, 2.05) is 12.1 Å². The lowest BCUT2D eigenvalue weighted by Crippen LogP contribution is -2.23. The quantitative estimate of drug-likeness (QED) is 0.907. The van der Waals surface area contributed by atoms with E-state index >= 15 is 0 Å². The molecule has 2 aromatic rings. The Bertz CT molecular complexity index is 518. The number of imidazole rings is 1. The first-order valence-electron chi connectivity index (χ1n) is 5.42. The van der Waals surface area contributed by atoms with Crippen LogP contribution in [0.15, 0.2) is 22.9 Å². The Morgan fingerprint density at radius 3 is 2.94 bits per heavy atom. The van der Waals surface area contributed by atoms with Crippen LogP contribution in [0.4, 0.5) is 5.82 Å². The van der Waals surface area contributed by atoms with Crippen LogP contribution in [0.5, 0.6) is 0 Å². The van der Waals surface area contributed by atoms with Gasteiger partial charge in [0, 0.05) is 6.54 Å². The summed E-state index contributed by atoms with van der Waals surface area (Å²) in [5.41, 5.74) is 0.136. The predicted molar refractivity (Wildman–Crippen MR) is 70.1 cm³/mol. The van der Waals surface area contributed by atoms with Crippen molar-refractivity contribution in [3.8, 4) is 0 Å². The van der Waals surface area contributed by atoms with Gasteiger partial charge in [-0.1, -0.05) is 0 Å². The van der Waals surface area contributed by atoms with Gasteiger partial charge in [0.2, 0.25) is 0 Å². The van der Waals surface area contributed by atoms with Crippen molar-refractivity contribution in [3.63, 3.8) is 0 Å². The molecule has 92 valence electrons. The number of hydrogen-bond donors (Lipinski definition) is 2. The van der Waals surface area contributed by atoms with Gasteiger partial charge in [-0.25, -0.2) is 9.50 Å². The Morgan fingerprint density at radius 1 is 1.47 bits per heavy atom. The molecule has 0 aliphatic carbocycles. The van der Waals surface area contributed by atoms with Crippen LogP contribution in [0.25, 0.3) is 5.65 Å². The molecule has 0 fully saturated rings. The molecule has 0 spiro atoms. The van der Waals surface area contributed by atoms with Crippen LogP contribution in [-0.4, -0.2) is 31.9 Å². The van der Waals surface area contributed by atoms with E-state index in [0.717, 1.165) is 16.1 Å². The van der Waals surface area contributed by atoms with E-state index in [2.05, 4.69) is 31.3 Å². The summed E-state index contributed by atoms with van der Waals surface area (Å²) in [6.45, 7) is 4.25. The van der Waals surface area contributed by atoms with E-state index in [1.54, 1.807) is 24.6 Å². The van der Waals surface area contributed by atoms with Crippen molar-refractivity contribution < 1.29 is 5.11 Å². The maximum Gasteiger partial charge on any atom is 0.154 e. The van der Waals surface area contributed by atoms with Crippen LogP contribution in [0, 0.1) is 0 Å². The lowest BCUT2D eigenvalue weighted by Gasteiger charge is -2.17. The van der Waals surface area contributed by atoms with Gasteiger partial charge in [0.15, 0.2) is 5.65 Å². The largest absolute Gasteiger partial charge is 0.390 e. The van der Waals surface area contributed by atoms with Crippen molar-refractivity contribution >= 4 is 27.4 Å². The topological polar surface area (TPSA) is 62.5 Å². The number of halogens is 1. The standard InChI is InChI=1S/C11H15BrN4O/c1-11(2,17)5-6-13-9-3-4-10-14-7-8(12)16(10)15-9/h3-4,7,17H,5-6H2,1-2H3,(H,13,15). The molecule has 0 amide bonds. The van der Waals surface area contributed by atoms with Gasteiger partial charge < -0.3 is 10.4 Å². The van der Waals surface area contributed by atoms with Gasteiger partial charge in [-0.3, -0.25) is 0 Å². The van der Waals surface area contributed by atoms with Crippen LogP contribution < -0.4 is 5.32 Å². The molecule has 6 heteroatoms. The minimum atomic E-state index is -0.660. The molecule has 0 aromatic carbocycles. The third-order valence-corrected chi connectivity index (χ3v) is 2.90. The second-order valence-corrected chi connectivity index (χ2v) is 5.37. The fourth-order valence-electron chi connectivity index (χ4n) is 1.44. The number of fused-ring (bicyclic) bond motifs is 1. The Labute approximate surface area is 108 Å². The molecule has 2 rings (SSSR count). The summed E-state index contributed by atoms with van der Waals surface area (Å²) in [6, 6.07) is 3.77. The summed E-state index contributed by atoms with van der Waals surface area (Å²) >= 11 is 3.37. The summed E-state index contributed by atoms with van der Waals surface area (Å²) < 4.78 is 2.53. The van der Waals surface area contributed by atoms with Crippen molar-refractivity contribution in [2.45, 2.75) is 25.9 Å². The third-order valence-electron chi connectivity index (χ3n) is 2.36. The summed E-state index contributed by atoms with van der Waals surface area (Å²) in [7, 11) is 0. The number of hydrogen-bond acceptors (Lipinski definition) is 4. The Balaban J connectivity index is 2.06. The van der Waals surface area contributed by atoms with E-state index < -0.39 is 5.60 Å². The predicted octanol–water partition coefficient (Wildman–Crippen LogP) is 2.06. The van der Waals surface area contributed by atoms with Gasteiger partial charge >= 0.3 is 0 Å². The van der Waals surface area contributed by atoms with Crippen LogP contribution >= 0.6 is 15.9 Å². The van der Waals surface area contributed by atoms with Gasteiger partial charge in [0.1, 0.15) is 10.4 Å². The maximum atomic E-state index is 9.60. The zero-order chi connectivity index (χ0) is 12.5. The fraction of sp³-hybridized carbons (Fsp3) is 0.455. The monoisotopic (exact) mass is 298 g/mol. The number of nitrogens with one attached hydrogen (secondary N) is 1. The molecule has 0 unspecified atom stereocenters. The van der Waals surface area contributed by atoms with Crippen molar-refractivity contribution in [2.75, 3.05) is 11.9 Å². The molecule has 5 nitrogen and oxygen atoms in total. The highest BCUT2D eigenvalue weighted by molar-refractivity contribution is 9.10. The molecule has 0 radical (unpaired) electrons. The molecular formula is C11H15BrN4O. The molecule has 17 heavy (non-hydrogen) atoms. The van der Waals surface area contributed by atoms with Gasteiger partial charge in [0.05, 0.1) is 11.8 Å². The first-order valence-corrected chi connectivity index (χ1v) is 6.21. The lowest BCUT2D eigenvalue weighted by atomic mass is 10.1. The normalized spacial score (nSPS) is 12.0. The van der Waals surface area contributed by atoms with Crippen LogP contribution in [0.2, 0.25) is 0 Å². The third kappa shape index (κ3) is 3.17. The van der Waals surface area contributed by atoms with Gasteiger partial charge in [-0.05, 0) is 48.3 Å². The Morgan fingerprint density at radius 2 is 2.24 bits per heavy atom. The van der Waals surface area contributed by atoms with E-state index in [9.17, 15) is 5.11 Å². The second kappa shape index (κ2) is 4.62. The molecule has 2 N–H and O–H groups in total. The fourth-order valence-corrected chi connectivity index (χ4v) is 1.80. The highest BCUT2D eigenvalue weighted by Crippen LogP contribution is 2.14. The van der Waals surface area contributed by atoms with E-state index in [-0.39, 0.29) is 0 Å². The maximum absolute atomic E-state index is 9.60. The first-order chi connectivity index (χ1) is 7.96. The number of rotatable bonds is 4. The molecule has 0 saturated carbocycles. The zero-order valence-electron chi connectivity index (χ0n) is 9.81. The number of anilines is 1. The molecular weight excluding hydrogens is 284 g/mol. The molecule has 2 heterocycles. The van der Waals surface area contributed by atoms with Crippen molar-refractivity contribution in [1.29, 1.82) is 0 Å². The van der Waals surface area contributed by atoms with Crippen LogP contribution in [0.3, 0.4) is 0 Å². The van der Waals surface area contributed by atoms with Crippen molar-refractivity contribution in [1.82, 2.24) is 14.6 Å². The van der Waals surface area contributed by atoms with E-state index in [1.165, 1.54) is 0 Å². The van der Waals surface area contributed by atoms with E-state index in [0.29, 0.717) is 13.0 Å². The summed E-state index contributed by atoms with van der Waals surface area (Å²) in [5.74, 6) is 0.764. The summed E-state index contributed by atoms with van der Waals surface area (Å²) in [4.78, 5) is 4.16. The molecule has 0 aliphatic rings. The zero-order valence-corrected chi connectivity index (χ0v) is 11.4. The van der Waals surface area contributed by atoms with Crippen LogP contribution in [0.1, 0.15) is 20.3 Å². The highest BCUT2D eigenvalue weighted by Gasteiger charge is 2.11. The average Bonchev–Trinajstić information content (AvgIpc) is 2.59. The van der Waals surface area contributed by atoms with Crippen molar-refractivity contribution in [2.24, 2.45) is 0 Å². The highest BCUT2D eigenvalue weighted by atomic mass is 79.9. The molecule has 0 atom stereocenters. The summed E-state index contributed by atoms with van der Waals surface area (Å²) in [6.07, 6.45) is 2.38. The van der Waals surface area contributed by atoms with Crippen LogP contribution in [-0.2, 0) is 0 Å². The number of aromatic nitrogens is 3. The minimum Gasteiger partial charge on any atom is -0.390 e. The molecule has 0 bridgehead atoms. The van der Waals surface area contributed by atoms with Crippen molar-refractivity contribution in [3.05, 3.63) is 22.9 Å². The van der Waals surface area contributed by atoms with Gasteiger partial charge in [-0.15, -0.1) is 5.10 Å². The molecule has 0 saturated heterocycles. The molecule has 0 aliphatic heterocycles. The SMILES string of the molecule is CC(C)(O)CCNc1ccc2ncc(Br)n2n1. The number of aliphatic hydroxyl groups is 1. The average molecular weight is 299 g/mol. The smallest absolute Gasteiger partial charge is 0.154 e. The summed E-state index contributed by atoms with van der Waals surface area (Å²) in [5, 5.41) is 17.1. The number of nitrogens with zero attached hydrogens (tertiary/aromatic N) is 3. The Kier molecular flexibility index (Phi) is 3.35. The van der Waals surface area contributed by atoms with Gasteiger partial charge in [-0.2, -0.15) is 0 Å². The first kappa shape index (κ1) is 12.3. The minimum absolute atomic E-state index is 0.660. The Hall–Kier alpha value is -1.14. The molecule has 2 aromatic heterocycles. The second-order valence-electron chi connectivity index (χ2n) is 4.56. The van der Waals surface area contributed by atoms with Gasteiger partial charge in [0.25, 0.3) is 0 Å².